The molecule has 1 aliphatic rings. The average molecular weight is 279 g/mol. The summed E-state index contributed by atoms with van der Waals surface area (Å²) < 4.78 is 0. The van der Waals surface area contributed by atoms with Gasteiger partial charge >= 0.3 is 0 Å². The van der Waals surface area contributed by atoms with Gasteiger partial charge in [-0.25, -0.2) is 4.98 Å². The van der Waals surface area contributed by atoms with Crippen molar-refractivity contribution in [2.45, 2.75) is 12.8 Å². The monoisotopic (exact) mass is 278 g/mol. The number of pyridine rings is 1. The van der Waals surface area contributed by atoms with Crippen LogP contribution < -0.4 is 10.2 Å². The summed E-state index contributed by atoms with van der Waals surface area (Å²) >= 11 is 5.91. The molecule has 1 aromatic heterocycles. The van der Waals surface area contributed by atoms with E-state index in [2.05, 4.69) is 16.4 Å². The molecule has 1 unspecified atom stereocenters. The van der Waals surface area contributed by atoms with Crippen molar-refractivity contribution in [2.75, 3.05) is 25.0 Å². The third kappa shape index (κ3) is 3.15. The lowest BCUT2D eigenvalue weighted by atomic mass is 9.97. The van der Waals surface area contributed by atoms with E-state index in [4.69, 9.17) is 16.9 Å². The molecule has 2 rings (SSSR count). The Morgan fingerprint density at radius 1 is 1.63 bits per heavy atom. The smallest absolute Gasteiger partial charge is 0.224 e. The van der Waals surface area contributed by atoms with Gasteiger partial charge in [0.1, 0.15) is 11.0 Å². The van der Waals surface area contributed by atoms with Crippen LogP contribution in [0.2, 0.25) is 5.15 Å². The second-order valence-corrected chi connectivity index (χ2v) is 4.94. The molecular formula is C13H15ClN4O. The van der Waals surface area contributed by atoms with E-state index in [-0.39, 0.29) is 11.8 Å². The van der Waals surface area contributed by atoms with Crippen molar-refractivity contribution in [2.24, 2.45) is 5.92 Å². The summed E-state index contributed by atoms with van der Waals surface area (Å²) in [6.45, 7) is 1.43. The predicted molar refractivity (Wildman–Crippen MR) is 73.0 cm³/mol. The molecule has 1 aliphatic heterocycles. The summed E-state index contributed by atoms with van der Waals surface area (Å²) in [5.41, 5.74) is 0.483. The van der Waals surface area contributed by atoms with E-state index in [0.29, 0.717) is 23.1 Å². The zero-order valence-electron chi connectivity index (χ0n) is 10.7. The van der Waals surface area contributed by atoms with Crippen molar-refractivity contribution >= 4 is 23.3 Å². The number of nitrogens with zero attached hydrogens (tertiary/aromatic N) is 3. The van der Waals surface area contributed by atoms with Crippen LogP contribution in [0, 0.1) is 17.2 Å². The van der Waals surface area contributed by atoms with Crippen molar-refractivity contribution in [1.29, 1.82) is 5.26 Å². The number of carbonyl (C=O) groups is 1. The van der Waals surface area contributed by atoms with E-state index in [1.54, 1.807) is 13.1 Å². The number of anilines is 1. The highest BCUT2D eigenvalue weighted by atomic mass is 35.5. The lowest BCUT2D eigenvalue weighted by molar-refractivity contribution is -0.124. The fourth-order valence-corrected chi connectivity index (χ4v) is 2.52. The molecular weight excluding hydrogens is 264 g/mol. The van der Waals surface area contributed by atoms with Gasteiger partial charge in [-0.05, 0) is 25.0 Å². The van der Waals surface area contributed by atoms with Gasteiger partial charge in [0.05, 0.1) is 17.6 Å². The lowest BCUT2D eigenvalue weighted by Gasteiger charge is -2.32. The first-order valence-electron chi connectivity index (χ1n) is 6.18. The maximum absolute atomic E-state index is 11.7. The molecule has 0 aliphatic carbocycles. The second kappa shape index (κ2) is 5.89. The summed E-state index contributed by atoms with van der Waals surface area (Å²) in [5, 5.41) is 11.9. The first-order valence-corrected chi connectivity index (χ1v) is 6.56. The highest BCUT2D eigenvalue weighted by molar-refractivity contribution is 6.29. The number of nitrogens with one attached hydrogen (secondary N) is 1. The summed E-state index contributed by atoms with van der Waals surface area (Å²) in [7, 11) is 1.65. The maximum Gasteiger partial charge on any atom is 0.224 e. The fraction of sp³-hybridized carbons (Fsp3) is 0.462. The van der Waals surface area contributed by atoms with Crippen LogP contribution in [0.4, 0.5) is 5.82 Å². The molecule has 1 atom stereocenters. The van der Waals surface area contributed by atoms with Crippen molar-refractivity contribution in [3.05, 3.63) is 22.8 Å². The van der Waals surface area contributed by atoms with Gasteiger partial charge in [0.2, 0.25) is 5.91 Å². The predicted octanol–water partition coefficient (Wildman–Crippen LogP) is 1.57. The summed E-state index contributed by atoms with van der Waals surface area (Å²) in [6, 6.07) is 5.30. The summed E-state index contributed by atoms with van der Waals surface area (Å²) in [6.07, 6.45) is 1.80. The zero-order chi connectivity index (χ0) is 13.8. The summed E-state index contributed by atoms with van der Waals surface area (Å²) in [5.74, 6) is 0.676. The van der Waals surface area contributed by atoms with Gasteiger partial charge in [-0.15, -0.1) is 0 Å². The van der Waals surface area contributed by atoms with Crippen LogP contribution in [-0.2, 0) is 4.79 Å². The Balaban J connectivity index is 2.20. The van der Waals surface area contributed by atoms with Gasteiger partial charge in [-0.3, -0.25) is 4.79 Å². The first-order chi connectivity index (χ1) is 9.13. The maximum atomic E-state index is 11.7. The molecule has 6 heteroatoms. The van der Waals surface area contributed by atoms with Crippen molar-refractivity contribution in [3.8, 4) is 6.07 Å². The molecule has 1 amide bonds. The van der Waals surface area contributed by atoms with Crippen molar-refractivity contribution in [1.82, 2.24) is 10.3 Å². The number of carbonyl (C=O) groups excluding carboxylic acids is 1. The molecule has 5 nitrogen and oxygen atoms in total. The molecule has 0 aromatic carbocycles. The average Bonchev–Trinajstić information content (AvgIpc) is 2.45. The number of hydrogen-bond donors (Lipinski definition) is 1. The number of rotatable bonds is 2. The normalized spacial score (nSPS) is 18.8. The molecule has 2 heterocycles. The molecule has 1 aromatic rings. The Hall–Kier alpha value is -1.80. The molecule has 1 fully saturated rings. The van der Waals surface area contributed by atoms with Crippen LogP contribution in [0.1, 0.15) is 18.4 Å². The van der Waals surface area contributed by atoms with Crippen LogP contribution in [0.3, 0.4) is 0 Å². The zero-order valence-corrected chi connectivity index (χ0v) is 11.4. The van der Waals surface area contributed by atoms with Crippen molar-refractivity contribution < 1.29 is 4.79 Å². The molecule has 0 spiro atoms. The van der Waals surface area contributed by atoms with E-state index in [1.165, 1.54) is 6.07 Å². The molecule has 0 saturated carbocycles. The third-order valence-corrected chi connectivity index (χ3v) is 3.47. The Morgan fingerprint density at radius 2 is 2.42 bits per heavy atom. The molecule has 100 valence electrons. The van der Waals surface area contributed by atoms with Gasteiger partial charge in [0, 0.05) is 20.1 Å². The van der Waals surface area contributed by atoms with E-state index < -0.39 is 0 Å². The molecule has 1 N–H and O–H groups in total. The highest BCUT2D eigenvalue weighted by Gasteiger charge is 2.26. The Bertz CT molecular complexity index is 526. The molecule has 19 heavy (non-hydrogen) atoms. The van der Waals surface area contributed by atoms with E-state index in [0.717, 1.165) is 19.4 Å². The SMILES string of the molecule is CNC(=O)C1CCCN(c2cc(C#N)cc(Cl)n2)C1. The molecule has 0 radical (unpaired) electrons. The van der Waals surface area contributed by atoms with Gasteiger partial charge in [-0.1, -0.05) is 11.6 Å². The van der Waals surface area contributed by atoms with E-state index >= 15 is 0 Å². The largest absolute Gasteiger partial charge is 0.359 e. The van der Waals surface area contributed by atoms with E-state index in [9.17, 15) is 4.79 Å². The molecule has 1 saturated heterocycles. The number of halogens is 1. The fourth-order valence-electron chi connectivity index (χ4n) is 2.31. The van der Waals surface area contributed by atoms with Crippen LogP contribution in [0.5, 0.6) is 0 Å². The minimum Gasteiger partial charge on any atom is -0.359 e. The summed E-state index contributed by atoms with van der Waals surface area (Å²) in [4.78, 5) is 17.9. The number of hydrogen-bond acceptors (Lipinski definition) is 4. The number of nitriles is 1. The minimum absolute atomic E-state index is 0.0370. The van der Waals surface area contributed by atoms with Crippen LogP contribution in [0.25, 0.3) is 0 Å². The standard InChI is InChI=1S/C13H15ClN4O/c1-16-13(19)10-3-2-4-18(8-10)12-6-9(7-15)5-11(14)17-12/h5-6,10H,2-4,8H2,1H3,(H,16,19). The van der Waals surface area contributed by atoms with Gasteiger partial charge in [0.15, 0.2) is 0 Å². The quantitative estimate of drug-likeness (QED) is 0.834. The van der Waals surface area contributed by atoms with Crippen LogP contribution in [-0.4, -0.2) is 31.0 Å². The van der Waals surface area contributed by atoms with Crippen LogP contribution in [0.15, 0.2) is 12.1 Å². The lowest BCUT2D eigenvalue weighted by Crippen LogP contribution is -2.42. The topological polar surface area (TPSA) is 69.0 Å². The Kier molecular flexibility index (Phi) is 4.23. The van der Waals surface area contributed by atoms with Gasteiger partial charge in [-0.2, -0.15) is 5.26 Å². The van der Waals surface area contributed by atoms with Gasteiger partial charge < -0.3 is 10.2 Å². The number of aromatic nitrogens is 1. The minimum atomic E-state index is -0.0370. The first kappa shape index (κ1) is 13.6. The van der Waals surface area contributed by atoms with Crippen LogP contribution >= 0.6 is 11.6 Å². The molecule has 0 bridgehead atoms. The second-order valence-electron chi connectivity index (χ2n) is 4.55. The van der Waals surface area contributed by atoms with Gasteiger partial charge in [0.25, 0.3) is 0 Å². The third-order valence-electron chi connectivity index (χ3n) is 3.27. The van der Waals surface area contributed by atoms with E-state index in [1.807, 2.05) is 4.90 Å². The Labute approximate surface area is 117 Å². The van der Waals surface area contributed by atoms with Crippen molar-refractivity contribution in [3.63, 3.8) is 0 Å². The Morgan fingerprint density at radius 3 is 3.11 bits per heavy atom. The number of amides is 1. The highest BCUT2D eigenvalue weighted by Crippen LogP contribution is 2.24. The number of piperidine rings is 1.